The monoisotopic (exact) mass is 569 g/mol. The van der Waals surface area contributed by atoms with Crippen molar-refractivity contribution in [2.45, 2.75) is 182 Å². The smallest absolute Gasteiger partial charge is 0.0667 e. The molecule has 0 aliphatic carbocycles. The van der Waals surface area contributed by atoms with Gasteiger partial charge in [-0.05, 0) is 50.6 Å². The van der Waals surface area contributed by atoms with E-state index in [-0.39, 0.29) is 12.2 Å². The van der Waals surface area contributed by atoms with Crippen molar-refractivity contribution < 1.29 is 10.2 Å². The Kier molecular flexibility index (Phi) is 28.8. The van der Waals surface area contributed by atoms with Crippen LogP contribution in [0.15, 0.2) is 0 Å². The number of unbranched alkanes of at least 4 members (excludes halogenated alkanes) is 15. The topological polar surface area (TPSA) is 46.9 Å². The molecule has 0 saturated heterocycles. The molecule has 0 radical (unpaired) electrons. The maximum atomic E-state index is 10.7. The highest BCUT2D eigenvalue weighted by Gasteiger charge is 2.15. The minimum Gasteiger partial charge on any atom is -0.392 e. The van der Waals surface area contributed by atoms with Crippen LogP contribution in [-0.4, -0.2) is 71.5 Å². The van der Waals surface area contributed by atoms with E-state index in [1.54, 1.807) is 0 Å². The van der Waals surface area contributed by atoms with Crippen molar-refractivity contribution in [3.05, 3.63) is 0 Å². The van der Waals surface area contributed by atoms with Crippen molar-refractivity contribution in [2.24, 2.45) is 11.8 Å². The van der Waals surface area contributed by atoms with Gasteiger partial charge in [-0.1, -0.05) is 144 Å². The van der Waals surface area contributed by atoms with E-state index in [0.29, 0.717) is 11.8 Å². The molecular weight excluding hydrogens is 492 g/mol. The van der Waals surface area contributed by atoms with Crippen molar-refractivity contribution >= 4 is 0 Å². The molecular formula is C36H76N2O2. The van der Waals surface area contributed by atoms with Gasteiger partial charge in [-0.2, -0.15) is 0 Å². The van der Waals surface area contributed by atoms with Crippen LogP contribution in [0.2, 0.25) is 0 Å². The predicted molar refractivity (Wildman–Crippen MR) is 178 cm³/mol. The number of hydrogen-bond donors (Lipinski definition) is 2. The highest BCUT2D eigenvalue weighted by Crippen LogP contribution is 2.14. The molecule has 2 N–H and O–H groups in total. The first-order chi connectivity index (χ1) is 19.3. The lowest BCUT2D eigenvalue weighted by Gasteiger charge is -2.27. The summed E-state index contributed by atoms with van der Waals surface area (Å²) in [6.45, 7) is 19.8. The Morgan fingerprint density at radius 2 is 0.700 bits per heavy atom. The van der Waals surface area contributed by atoms with Crippen molar-refractivity contribution in [2.75, 3.05) is 39.3 Å². The van der Waals surface area contributed by atoms with Crippen LogP contribution in [0.4, 0.5) is 0 Å². The molecule has 0 heterocycles. The molecule has 0 fully saturated rings. The standard InChI is InChI=1S/C36H76N2O2/c1-7-9-11-13-15-17-21-25-35(39)31-37(29-33(3)4)27-23-19-20-24-28-38(30-34(5)6)32-36(40)26-22-18-16-14-12-10-8-2/h33-36,39-40H,7-32H2,1-6H3. The summed E-state index contributed by atoms with van der Waals surface area (Å²) in [5.41, 5.74) is 0. The van der Waals surface area contributed by atoms with Crippen LogP contribution in [0.3, 0.4) is 0 Å². The van der Waals surface area contributed by atoms with Crippen molar-refractivity contribution in [1.29, 1.82) is 0 Å². The average molecular weight is 569 g/mol. The third-order valence-electron chi connectivity index (χ3n) is 8.17. The predicted octanol–water partition coefficient (Wildman–Crippen LogP) is 9.47. The SMILES string of the molecule is CCCCCCCCCC(O)CN(CCCCCCN(CC(C)C)CC(O)CCCCCCCCC)CC(C)C. The lowest BCUT2D eigenvalue weighted by atomic mass is 10.1. The lowest BCUT2D eigenvalue weighted by molar-refractivity contribution is 0.0930. The fraction of sp³-hybridized carbons (Fsp3) is 1.00. The van der Waals surface area contributed by atoms with Crippen LogP contribution in [0.1, 0.15) is 170 Å². The van der Waals surface area contributed by atoms with Gasteiger partial charge in [0.25, 0.3) is 0 Å². The zero-order chi connectivity index (χ0) is 29.8. The Labute approximate surface area is 253 Å². The molecule has 0 spiro atoms. The largest absolute Gasteiger partial charge is 0.392 e. The minimum absolute atomic E-state index is 0.175. The molecule has 0 aromatic rings. The molecule has 242 valence electrons. The van der Waals surface area contributed by atoms with Crippen molar-refractivity contribution in [1.82, 2.24) is 9.80 Å². The van der Waals surface area contributed by atoms with Crippen LogP contribution in [0.5, 0.6) is 0 Å². The summed E-state index contributed by atoms with van der Waals surface area (Å²) in [6, 6.07) is 0. The fourth-order valence-electron chi connectivity index (χ4n) is 6.02. The summed E-state index contributed by atoms with van der Waals surface area (Å²) >= 11 is 0. The summed E-state index contributed by atoms with van der Waals surface area (Å²) in [4.78, 5) is 5.03. The number of hydrogen-bond acceptors (Lipinski definition) is 4. The Morgan fingerprint density at radius 1 is 0.400 bits per heavy atom. The molecule has 0 rings (SSSR count). The van der Waals surface area contributed by atoms with Gasteiger partial charge in [0.15, 0.2) is 0 Å². The van der Waals surface area contributed by atoms with E-state index in [2.05, 4.69) is 51.3 Å². The molecule has 0 aromatic heterocycles. The summed E-state index contributed by atoms with van der Waals surface area (Å²) in [5, 5.41) is 21.3. The molecule has 0 amide bonds. The first-order valence-electron chi connectivity index (χ1n) is 18.1. The summed E-state index contributed by atoms with van der Waals surface area (Å²) < 4.78 is 0. The molecule has 0 bridgehead atoms. The Bertz CT molecular complexity index is 455. The van der Waals surface area contributed by atoms with Crippen LogP contribution in [0, 0.1) is 11.8 Å². The van der Waals surface area contributed by atoms with E-state index in [9.17, 15) is 10.2 Å². The highest BCUT2D eigenvalue weighted by molar-refractivity contribution is 4.69. The molecule has 0 aliphatic rings. The van der Waals surface area contributed by atoms with Gasteiger partial charge in [-0.3, -0.25) is 0 Å². The number of aliphatic hydroxyl groups is 2. The second kappa shape index (κ2) is 28.9. The van der Waals surface area contributed by atoms with E-state index in [4.69, 9.17) is 0 Å². The quantitative estimate of drug-likeness (QED) is 0.0818. The normalized spacial score (nSPS) is 13.8. The van der Waals surface area contributed by atoms with Gasteiger partial charge in [-0.15, -0.1) is 0 Å². The van der Waals surface area contributed by atoms with Crippen LogP contribution >= 0.6 is 0 Å². The lowest BCUT2D eigenvalue weighted by Crippen LogP contribution is -2.36. The number of nitrogens with zero attached hydrogens (tertiary/aromatic N) is 2. The van der Waals surface area contributed by atoms with E-state index in [1.807, 2.05) is 0 Å². The summed E-state index contributed by atoms with van der Waals surface area (Å²) in [5.74, 6) is 1.28. The van der Waals surface area contributed by atoms with Crippen molar-refractivity contribution in [3.8, 4) is 0 Å². The fourth-order valence-corrected chi connectivity index (χ4v) is 6.02. The molecule has 40 heavy (non-hydrogen) atoms. The summed E-state index contributed by atoms with van der Waals surface area (Å²) in [6.07, 6.45) is 24.9. The van der Waals surface area contributed by atoms with E-state index in [0.717, 1.165) is 52.1 Å². The van der Waals surface area contributed by atoms with Gasteiger partial charge >= 0.3 is 0 Å². The van der Waals surface area contributed by atoms with Gasteiger partial charge in [0, 0.05) is 26.2 Å². The molecule has 0 saturated carbocycles. The van der Waals surface area contributed by atoms with Gasteiger partial charge in [0.1, 0.15) is 0 Å². The Hall–Kier alpha value is -0.160. The van der Waals surface area contributed by atoms with Gasteiger partial charge in [0.2, 0.25) is 0 Å². The average Bonchev–Trinajstić information content (AvgIpc) is 2.88. The molecule has 2 atom stereocenters. The molecule has 0 aliphatic heterocycles. The Morgan fingerprint density at radius 3 is 1.02 bits per heavy atom. The third kappa shape index (κ3) is 28.0. The van der Waals surface area contributed by atoms with E-state index < -0.39 is 0 Å². The molecule has 4 heteroatoms. The Balaban J connectivity index is 4.16. The second-order valence-electron chi connectivity index (χ2n) is 13.8. The maximum Gasteiger partial charge on any atom is 0.0667 e. The number of aliphatic hydroxyl groups excluding tert-OH is 2. The van der Waals surface area contributed by atoms with E-state index in [1.165, 1.54) is 116 Å². The number of rotatable bonds is 31. The van der Waals surface area contributed by atoms with E-state index >= 15 is 0 Å². The van der Waals surface area contributed by atoms with Gasteiger partial charge < -0.3 is 20.0 Å². The molecule has 0 aromatic carbocycles. The minimum atomic E-state index is -0.175. The second-order valence-corrected chi connectivity index (χ2v) is 13.8. The molecule has 2 unspecified atom stereocenters. The third-order valence-corrected chi connectivity index (χ3v) is 8.17. The van der Waals surface area contributed by atoms with Crippen LogP contribution < -0.4 is 0 Å². The molecule has 4 nitrogen and oxygen atoms in total. The zero-order valence-electron chi connectivity index (χ0n) is 28.5. The summed E-state index contributed by atoms with van der Waals surface area (Å²) in [7, 11) is 0. The zero-order valence-corrected chi connectivity index (χ0v) is 28.5. The first kappa shape index (κ1) is 39.8. The maximum absolute atomic E-state index is 10.7. The van der Waals surface area contributed by atoms with Gasteiger partial charge in [0.05, 0.1) is 12.2 Å². The van der Waals surface area contributed by atoms with Crippen LogP contribution in [0.25, 0.3) is 0 Å². The van der Waals surface area contributed by atoms with Gasteiger partial charge in [-0.25, -0.2) is 0 Å². The first-order valence-corrected chi connectivity index (χ1v) is 18.1. The highest BCUT2D eigenvalue weighted by atomic mass is 16.3. The van der Waals surface area contributed by atoms with Crippen LogP contribution in [-0.2, 0) is 0 Å². The van der Waals surface area contributed by atoms with Crippen molar-refractivity contribution in [3.63, 3.8) is 0 Å².